The summed E-state index contributed by atoms with van der Waals surface area (Å²) in [5.74, 6) is 5.50. The molecular formula is C24H34BrN5O2S. The molecule has 2 aromatic rings. The number of hydrogen-bond acceptors (Lipinski definition) is 6. The number of nitrogens with one attached hydrogen (secondary N) is 3. The van der Waals surface area contributed by atoms with E-state index < -0.39 is 9.71 Å². The fourth-order valence-corrected chi connectivity index (χ4v) is 5.77. The van der Waals surface area contributed by atoms with E-state index in [1.807, 2.05) is 32.0 Å². The summed E-state index contributed by atoms with van der Waals surface area (Å²) in [5.41, 5.74) is 2.44. The van der Waals surface area contributed by atoms with E-state index in [-0.39, 0.29) is 12.6 Å². The van der Waals surface area contributed by atoms with Crippen LogP contribution in [-0.2, 0) is 9.71 Å². The highest BCUT2D eigenvalue weighted by Gasteiger charge is 2.18. The van der Waals surface area contributed by atoms with Crippen molar-refractivity contribution in [3.05, 3.63) is 46.6 Å². The van der Waals surface area contributed by atoms with Crippen molar-refractivity contribution in [3.63, 3.8) is 0 Å². The molecule has 0 amide bonds. The van der Waals surface area contributed by atoms with Gasteiger partial charge in [-0.05, 0) is 72.1 Å². The van der Waals surface area contributed by atoms with E-state index in [1.165, 1.54) is 32.1 Å². The zero-order valence-electron chi connectivity index (χ0n) is 19.4. The summed E-state index contributed by atoms with van der Waals surface area (Å²) >= 11 is 3.44. The lowest BCUT2D eigenvalue weighted by atomic mass is 9.90. The first-order valence-electron chi connectivity index (χ1n) is 11.2. The fourth-order valence-electron chi connectivity index (χ4n) is 3.90. The number of aliphatic hydroxyl groups excluding tert-OH is 1. The van der Waals surface area contributed by atoms with Gasteiger partial charge < -0.3 is 15.7 Å². The van der Waals surface area contributed by atoms with Crippen LogP contribution in [-0.4, -0.2) is 44.3 Å². The van der Waals surface area contributed by atoms with Crippen molar-refractivity contribution in [1.82, 2.24) is 14.7 Å². The molecule has 1 fully saturated rings. The Hall–Kier alpha value is -1.94. The Kier molecular flexibility index (Phi) is 8.92. The molecule has 0 saturated heterocycles. The molecule has 1 aromatic carbocycles. The lowest BCUT2D eigenvalue weighted by Crippen LogP contribution is -2.30. The van der Waals surface area contributed by atoms with Crippen molar-refractivity contribution >= 4 is 49.0 Å². The van der Waals surface area contributed by atoms with Gasteiger partial charge >= 0.3 is 0 Å². The van der Waals surface area contributed by atoms with Crippen LogP contribution in [0.1, 0.15) is 44.6 Å². The first-order valence-corrected chi connectivity index (χ1v) is 13.8. The Bertz CT molecular complexity index is 1080. The van der Waals surface area contributed by atoms with E-state index in [0.29, 0.717) is 27.1 Å². The van der Waals surface area contributed by atoms with Crippen LogP contribution in [0.2, 0.25) is 0 Å². The van der Waals surface area contributed by atoms with Crippen molar-refractivity contribution < 1.29 is 9.32 Å². The fraction of sp³-hybridized carbons (Fsp3) is 0.458. The van der Waals surface area contributed by atoms with Crippen LogP contribution in [0.4, 0.5) is 17.5 Å². The van der Waals surface area contributed by atoms with Gasteiger partial charge in [-0.1, -0.05) is 37.5 Å². The second-order valence-electron chi connectivity index (χ2n) is 8.75. The average Bonchev–Trinajstić information content (AvgIpc) is 2.79. The van der Waals surface area contributed by atoms with E-state index in [1.54, 1.807) is 6.20 Å². The third-order valence-corrected chi connectivity index (χ3v) is 8.33. The van der Waals surface area contributed by atoms with E-state index in [0.717, 1.165) is 23.4 Å². The lowest BCUT2D eigenvalue weighted by molar-refractivity contribution is 0.286. The molecule has 7 nitrogen and oxygen atoms in total. The van der Waals surface area contributed by atoms with Crippen molar-refractivity contribution in [2.24, 2.45) is 5.92 Å². The third kappa shape index (κ3) is 7.02. The summed E-state index contributed by atoms with van der Waals surface area (Å²) in [6.07, 6.45) is 7.80. The van der Waals surface area contributed by atoms with Gasteiger partial charge in [0.1, 0.15) is 5.82 Å². The Balaban J connectivity index is 1.76. The highest BCUT2D eigenvalue weighted by Crippen LogP contribution is 2.27. The zero-order chi connectivity index (χ0) is 24.0. The maximum Gasteiger partial charge on any atom is 0.229 e. The maximum atomic E-state index is 13.4. The Morgan fingerprint density at radius 2 is 2.06 bits per heavy atom. The van der Waals surface area contributed by atoms with Crippen molar-refractivity contribution in [2.45, 2.75) is 56.9 Å². The first kappa shape index (κ1) is 25.7. The Labute approximate surface area is 205 Å². The van der Waals surface area contributed by atoms with Gasteiger partial charge in [-0.3, -0.25) is 0 Å². The van der Waals surface area contributed by atoms with Gasteiger partial charge in [0.15, 0.2) is 0 Å². The predicted octanol–water partition coefficient (Wildman–Crippen LogP) is 4.80. The number of aromatic nitrogens is 2. The zero-order valence-corrected chi connectivity index (χ0v) is 21.8. The van der Waals surface area contributed by atoms with Crippen LogP contribution in [0.25, 0.3) is 0 Å². The summed E-state index contributed by atoms with van der Waals surface area (Å²) < 4.78 is 17.4. The summed E-state index contributed by atoms with van der Waals surface area (Å²) in [4.78, 5) is 9.52. The van der Waals surface area contributed by atoms with Gasteiger partial charge in [0, 0.05) is 23.3 Å². The lowest BCUT2D eigenvalue weighted by Gasteiger charge is -2.23. The highest BCUT2D eigenvalue weighted by molar-refractivity contribution is 9.10. The molecule has 1 saturated carbocycles. The average molecular weight is 537 g/mol. The maximum absolute atomic E-state index is 13.4. The normalized spacial score (nSPS) is 17.2. The van der Waals surface area contributed by atoms with E-state index >= 15 is 0 Å². The summed E-state index contributed by atoms with van der Waals surface area (Å²) in [7, 11) is -2.64. The largest absolute Gasteiger partial charge is 0.394 e. The highest BCUT2D eigenvalue weighted by atomic mass is 79.9. The Morgan fingerprint density at radius 1 is 1.33 bits per heavy atom. The number of hydrogen-bond donors (Lipinski definition) is 4. The quantitative estimate of drug-likeness (QED) is 0.257. The number of nitrogens with zero attached hydrogens (tertiary/aromatic N) is 2. The minimum atomic E-state index is -2.64. The molecule has 0 aliphatic heterocycles. The summed E-state index contributed by atoms with van der Waals surface area (Å²) in [6, 6.07) is 5.35. The molecule has 1 aliphatic carbocycles. The molecule has 9 heteroatoms. The third-order valence-electron chi connectivity index (χ3n) is 5.96. The molecule has 0 bridgehead atoms. The summed E-state index contributed by atoms with van der Waals surface area (Å²) in [5, 5.41) is 15.9. The predicted molar refractivity (Wildman–Crippen MR) is 142 cm³/mol. The van der Waals surface area contributed by atoms with Crippen LogP contribution in [0.5, 0.6) is 0 Å². The van der Waals surface area contributed by atoms with E-state index in [4.69, 9.17) is 0 Å². The molecule has 180 valence electrons. The number of benzene rings is 1. The van der Waals surface area contributed by atoms with Crippen molar-refractivity contribution in [2.75, 3.05) is 23.8 Å². The number of anilines is 3. The summed E-state index contributed by atoms with van der Waals surface area (Å²) in [6.45, 7) is 8.30. The smallest absolute Gasteiger partial charge is 0.229 e. The van der Waals surface area contributed by atoms with Crippen LogP contribution in [0.3, 0.4) is 0 Å². The number of aliphatic hydroxyl groups is 1. The van der Waals surface area contributed by atoms with E-state index in [9.17, 15) is 9.32 Å². The van der Waals surface area contributed by atoms with Gasteiger partial charge in [-0.2, -0.15) is 4.98 Å². The van der Waals surface area contributed by atoms with Gasteiger partial charge in [0.2, 0.25) is 5.95 Å². The van der Waals surface area contributed by atoms with Crippen LogP contribution in [0.15, 0.2) is 45.9 Å². The van der Waals surface area contributed by atoms with Gasteiger partial charge in [0.25, 0.3) is 0 Å². The monoisotopic (exact) mass is 535 g/mol. The molecule has 2 atom stereocenters. The SMILES string of the molecule is C=C(C)[C@H](CO)Nc1nc(Nc2ccc(C)c(S(=C)(=O)NCC3CCCCC3)c2)ncc1Br. The second kappa shape index (κ2) is 11.5. The standard InChI is InChI=1S/C24H34BrN5O2S/c1-16(2)21(15-31)29-23-20(25)14-26-24(30-23)28-19-11-10-17(3)22(12-19)33(4,32)27-13-18-8-6-5-7-9-18/h10-12,14,18,21,31H,1,4-9,13,15H2,2-3H3,(H,27,32)(H2,26,28,29,30)/t21-,33?/m0/s1. The van der Waals surface area contributed by atoms with Gasteiger partial charge in [0.05, 0.1) is 26.8 Å². The molecule has 1 heterocycles. The molecule has 1 aliphatic rings. The Morgan fingerprint density at radius 3 is 2.73 bits per heavy atom. The molecule has 4 N–H and O–H groups in total. The molecule has 0 spiro atoms. The van der Waals surface area contributed by atoms with E-state index in [2.05, 4.69) is 53.7 Å². The molecule has 0 radical (unpaired) electrons. The molecule has 3 rings (SSSR count). The van der Waals surface area contributed by atoms with Crippen molar-refractivity contribution in [3.8, 4) is 0 Å². The second-order valence-corrected chi connectivity index (χ2v) is 11.7. The first-order chi connectivity index (χ1) is 15.7. The molecule has 33 heavy (non-hydrogen) atoms. The number of rotatable bonds is 10. The number of aryl methyl sites for hydroxylation is 1. The minimum absolute atomic E-state index is 0.0957. The van der Waals surface area contributed by atoms with Crippen molar-refractivity contribution in [1.29, 1.82) is 0 Å². The molecule has 1 unspecified atom stereocenters. The minimum Gasteiger partial charge on any atom is -0.394 e. The molecular weight excluding hydrogens is 502 g/mol. The van der Waals surface area contributed by atoms with Crippen LogP contribution in [0, 0.1) is 12.8 Å². The van der Waals surface area contributed by atoms with Gasteiger partial charge in [-0.25, -0.2) is 13.9 Å². The number of halogens is 1. The topological polar surface area (TPSA) is 99.2 Å². The molecule has 1 aromatic heterocycles. The van der Waals surface area contributed by atoms with Crippen LogP contribution < -0.4 is 15.4 Å². The van der Waals surface area contributed by atoms with Crippen LogP contribution >= 0.6 is 15.9 Å². The van der Waals surface area contributed by atoms with Gasteiger partial charge in [-0.15, -0.1) is 0 Å².